The topological polar surface area (TPSA) is 71.1 Å². The molecule has 0 atom stereocenters. The molecule has 1 aromatic heterocycles. The highest BCUT2D eigenvalue weighted by Gasteiger charge is 2.18. The molecule has 2 amide bonds. The molecule has 1 fully saturated rings. The molecule has 1 heterocycles. The minimum absolute atomic E-state index is 0.188. The van der Waals surface area contributed by atoms with Crippen LogP contribution in [0.4, 0.5) is 5.69 Å². The van der Waals surface area contributed by atoms with Gasteiger partial charge in [0, 0.05) is 28.5 Å². The third-order valence-corrected chi connectivity index (χ3v) is 5.37. The monoisotopic (exact) mass is 385 g/mol. The van der Waals surface area contributed by atoms with Crippen molar-refractivity contribution in [3.63, 3.8) is 0 Å². The van der Waals surface area contributed by atoms with E-state index in [4.69, 9.17) is 11.6 Å². The van der Waals surface area contributed by atoms with Crippen molar-refractivity contribution in [3.05, 3.63) is 58.4 Å². The number of hydrogen-bond acceptors (Lipinski definition) is 3. The molecule has 1 aliphatic carbocycles. The molecule has 3 rings (SSSR count). The summed E-state index contributed by atoms with van der Waals surface area (Å²) in [5, 5.41) is 6.49. The maximum atomic E-state index is 12.6. The Hall–Kier alpha value is -2.40. The van der Waals surface area contributed by atoms with Crippen molar-refractivity contribution in [2.75, 3.05) is 5.32 Å². The molecule has 1 aliphatic rings. The number of anilines is 1. The SMILES string of the molecule is Cc1c(Cl)cccc1NC(=O)c1ccnc(C(=O)NC2CCCCCC2)c1. The van der Waals surface area contributed by atoms with Crippen LogP contribution in [0.25, 0.3) is 0 Å². The molecular weight excluding hydrogens is 362 g/mol. The Kier molecular flexibility index (Phi) is 6.45. The Balaban J connectivity index is 1.69. The van der Waals surface area contributed by atoms with Crippen LogP contribution in [0.2, 0.25) is 5.02 Å². The molecule has 1 aromatic carbocycles. The second-order valence-corrected chi connectivity index (χ2v) is 7.37. The van der Waals surface area contributed by atoms with Crippen molar-refractivity contribution in [2.45, 2.75) is 51.5 Å². The van der Waals surface area contributed by atoms with Gasteiger partial charge in [-0.3, -0.25) is 14.6 Å². The maximum absolute atomic E-state index is 12.6. The number of hydrogen-bond donors (Lipinski definition) is 2. The van der Waals surface area contributed by atoms with Gasteiger partial charge in [0.15, 0.2) is 0 Å². The van der Waals surface area contributed by atoms with Gasteiger partial charge >= 0.3 is 0 Å². The molecule has 0 aliphatic heterocycles. The summed E-state index contributed by atoms with van der Waals surface area (Å²) in [5.41, 5.74) is 2.09. The van der Waals surface area contributed by atoms with Gasteiger partial charge in [-0.1, -0.05) is 43.4 Å². The van der Waals surface area contributed by atoms with Gasteiger partial charge < -0.3 is 10.6 Å². The summed E-state index contributed by atoms with van der Waals surface area (Å²) in [6, 6.07) is 8.66. The van der Waals surface area contributed by atoms with Crippen molar-refractivity contribution < 1.29 is 9.59 Å². The number of aromatic nitrogens is 1. The van der Waals surface area contributed by atoms with Crippen LogP contribution in [-0.4, -0.2) is 22.8 Å². The number of amides is 2. The Morgan fingerprint density at radius 3 is 2.56 bits per heavy atom. The van der Waals surface area contributed by atoms with Crippen LogP contribution in [0.15, 0.2) is 36.5 Å². The molecule has 6 heteroatoms. The molecule has 27 heavy (non-hydrogen) atoms. The van der Waals surface area contributed by atoms with Gasteiger partial charge in [0.1, 0.15) is 5.69 Å². The van der Waals surface area contributed by atoms with Crippen LogP contribution in [0.5, 0.6) is 0 Å². The smallest absolute Gasteiger partial charge is 0.270 e. The van der Waals surface area contributed by atoms with Crippen molar-refractivity contribution >= 4 is 29.1 Å². The number of carbonyl (C=O) groups is 2. The first-order valence-electron chi connectivity index (χ1n) is 9.38. The summed E-state index contributed by atoms with van der Waals surface area (Å²) in [4.78, 5) is 29.2. The third-order valence-electron chi connectivity index (χ3n) is 4.96. The highest BCUT2D eigenvalue weighted by molar-refractivity contribution is 6.31. The second kappa shape index (κ2) is 9.00. The van der Waals surface area contributed by atoms with Crippen molar-refractivity contribution in [2.24, 2.45) is 0 Å². The van der Waals surface area contributed by atoms with E-state index >= 15 is 0 Å². The summed E-state index contributed by atoms with van der Waals surface area (Å²) in [6.45, 7) is 1.84. The van der Waals surface area contributed by atoms with Gasteiger partial charge in [-0.15, -0.1) is 0 Å². The largest absolute Gasteiger partial charge is 0.348 e. The number of carbonyl (C=O) groups excluding carboxylic acids is 2. The van der Waals surface area contributed by atoms with E-state index in [9.17, 15) is 9.59 Å². The average molecular weight is 386 g/mol. The molecule has 0 radical (unpaired) electrons. The van der Waals surface area contributed by atoms with Crippen molar-refractivity contribution in [1.29, 1.82) is 0 Å². The number of pyridine rings is 1. The third kappa shape index (κ3) is 5.07. The summed E-state index contributed by atoms with van der Waals surface area (Å²) in [5.74, 6) is -0.526. The Bertz CT molecular complexity index is 830. The molecule has 2 N–H and O–H groups in total. The van der Waals surface area contributed by atoms with Crippen molar-refractivity contribution in [3.8, 4) is 0 Å². The molecule has 2 aromatic rings. The second-order valence-electron chi connectivity index (χ2n) is 6.96. The van der Waals surface area contributed by atoms with E-state index in [0.717, 1.165) is 31.2 Å². The molecular formula is C21H24ClN3O2. The van der Waals surface area contributed by atoms with E-state index in [0.29, 0.717) is 16.3 Å². The van der Waals surface area contributed by atoms with Crippen LogP contribution in [-0.2, 0) is 0 Å². The fraction of sp³-hybridized carbons (Fsp3) is 0.381. The first kappa shape index (κ1) is 19.4. The Labute approximate surface area is 164 Å². The van der Waals surface area contributed by atoms with E-state index in [2.05, 4.69) is 15.6 Å². The fourth-order valence-corrected chi connectivity index (χ4v) is 3.49. The first-order valence-corrected chi connectivity index (χ1v) is 9.76. The van der Waals surface area contributed by atoms with Gasteiger partial charge in [-0.2, -0.15) is 0 Å². The summed E-state index contributed by atoms with van der Waals surface area (Å²) in [6.07, 6.45) is 8.22. The van der Waals surface area contributed by atoms with Crippen LogP contribution in [0, 0.1) is 6.92 Å². The zero-order valence-electron chi connectivity index (χ0n) is 15.4. The minimum atomic E-state index is -0.300. The number of nitrogens with zero attached hydrogens (tertiary/aromatic N) is 1. The van der Waals surface area contributed by atoms with Gasteiger partial charge in [0.2, 0.25) is 0 Å². The molecule has 0 bridgehead atoms. The van der Waals surface area contributed by atoms with Gasteiger partial charge in [0.05, 0.1) is 0 Å². The highest BCUT2D eigenvalue weighted by atomic mass is 35.5. The van der Waals surface area contributed by atoms with Crippen molar-refractivity contribution in [1.82, 2.24) is 10.3 Å². The summed E-state index contributed by atoms with van der Waals surface area (Å²) < 4.78 is 0. The predicted molar refractivity (Wildman–Crippen MR) is 107 cm³/mol. The quantitative estimate of drug-likeness (QED) is 0.746. The standard InChI is InChI=1S/C21H24ClN3O2/c1-14-17(22)9-6-10-18(14)25-20(26)15-11-12-23-19(13-15)21(27)24-16-7-4-2-3-5-8-16/h6,9-13,16H,2-5,7-8H2,1H3,(H,24,27)(H,25,26). The van der Waals surface area contributed by atoms with E-state index in [-0.39, 0.29) is 23.6 Å². The van der Waals surface area contributed by atoms with E-state index < -0.39 is 0 Å². The molecule has 0 saturated heterocycles. The number of nitrogens with one attached hydrogen (secondary N) is 2. The van der Waals surface area contributed by atoms with Crippen LogP contribution in [0.3, 0.4) is 0 Å². The van der Waals surface area contributed by atoms with Gasteiger partial charge in [-0.05, 0) is 49.6 Å². The zero-order valence-corrected chi connectivity index (χ0v) is 16.2. The van der Waals surface area contributed by atoms with Crippen LogP contribution >= 0.6 is 11.6 Å². The maximum Gasteiger partial charge on any atom is 0.270 e. The number of rotatable bonds is 4. The average Bonchev–Trinajstić information content (AvgIpc) is 2.94. The zero-order chi connectivity index (χ0) is 19.2. The minimum Gasteiger partial charge on any atom is -0.348 e. The highest BCUT2D eigenvalue weighted by Crippen LogP contribution is 2.23. The normalized spacial score (nSPS) is 15.0. The number of benzene rings is 1. The molecule has 1 saturated carbocycles. The van der Waals surface area contributed by atoms with E-state index in [1.54, 1.807) is 24.3 Å². The lowest BCUT2D eigenvalue weighted by atomic mass is 10.1. The lowest BCUT2D eigenvalue weighted by Crippen LogP contribution is -2.35. The van der Waals surface area contributed by atoms with Crippen LogP contribution < -0.4 is 10.6 Å². The molecule has 5 nitrogen and oxygen atoms in total. The van der Waals surface area contributed by atoms with Gasteiger partial charge in [0.25, 0.3) is 11.8 Å². The lowest BCUT2D eigenvalue weighted by Gasteiger charge is -2.16. The van der Waals surface area contributed by atoms with Gasteiger partial charge in [-0.25, -0.2) is 0 Å². The summed E-state index contributed by atoms with van der Waals surface area (Å²) in [7, 11) is 0. The summed E-state index contributed by atoms with van der Waals surface area (Å²) >= 11 is 6.10. The number of halogens is 1. The molecule has 0 unspecified atom stereocenters. The van der Waals surface area contributed by atoms with E-state index in [1.807, 2.05) is 6.92 Å². The Morgan fingerprint density at radius 2 is 1.81 bits per heavy atom. The van der Waals surface area contributed by atoms with Crippen LogP contribution in [0.1, 0.15) is 64.9 Å². The lowest BCUT2D eigenvalue weighted by molar-refractivity contribution is 0.0928. The van der Waals surface area contributed by atoms with E-state index in [1.165, 1.54) is 25.1 Å². The molecule has 0 spiro atoms. The first-order chi connectivity index (χ1) is 13.0. The predicted octanol–water partition coefficient (Wildman–Crippen LogP) is 4.75. The fourth-order valence-electron chi connectivity index (χ4n) is 3.32. The Morgan fingerprint density at radius 1 is 1.07 bits per heavy atom. The molecule has 142 valence electrons.